The zero-order chi connectivity index (χ0) is 11.3. The van der Waals surface area contributed by atoms with E-state index in [1.165, 1.54) is 0 Å². The van der Waals surface area contributed by atoms with Gasteiger partial charge < -0.3 is 9.47 Å². The van der Waals surface area contributed by atoms with Gasteiger partial charge in [-0.2, -0.15) is 0 Å². The van der Waals surface area contributed by atoms with Crippen molar-refractivity contribution in [2.45, 2.75) is 51.7 Å². The number of carbonyl (C=O) groups is 1. The Hall–Kier alpha value is -0.250. The highest BCUT2D eigenvalue weighted by molar-refractivity contribution is 9.09. The Morgan fingerprint density at radius 1 is 1.13 bits per heavy atom. The van der Waals surface area contributed by atoms with Crippen LogP contribution in [0.4, 0.5) is 4.79 Å². The lowest BCUT2D eigenvalue weighted by molar-refractivity contribution is -0.0963. The highest BCUT2D eigenvalue weighted by atomic mass is 79.9. The van der Waals surface area contributed by atoms with Gasteiger partial charge >= 0.3 is 6.16 Å². The largest absolute Gasteiger partial charge is 0.508 e. The number of ether oxygens (including phenoxy) is 2. The first kappa shape index (κ1) is 12.8. The van der Waals surface area contributed by atoms with E-state index in [-0.39, 0.29) is 12.2 Å². The highest BCUT2D eigenvalue weighted by Gasteiger charge is 2.38. The number of carbonyl (C=O) groups excluding carboxylic acids is 1. The van der Waals surface area contributed by atoms with Crippen LogP contribution in [0.15, 0.2) is 0 Å². The van der Waals surface area contributed by atoms with E-state index in [2.05, 4.69) is 29.8 Å². The van der Waals surface area contributed by atoms with Crippen LogP contribution in [-0.2, 0) is 9.47 Å². The second-order valence-electron chi connectivity index (χ2n) is 3.96. The van der Waals surface area contributed by atoms with Crippen LogP contribution in [0.5, 0.6) is 0 Å². The minimum atomic E-state index is -0.509. The number of cyclic esters (lactones) is 2. The molecule has 1 aliphatic heterocycles. The van der Waals surface area contributed by atoms with Gasteiger partial charge in [0.1, 0.15) is 12.2 Å². The van der Waals surface area contributed by atoms with Crippen molar-refractivity contribution in [1.82, 2.24) is 0 Å². The third-order valence-electron chi connectivity index (χ3n) is 2.80. The zero-order valence-electron chi connectivity index (χ0n) is 9.37. The molecule has 0 saturated carbocycles. The Balaban J connectivity index is 2.66. The number of alkyl halides is 1. The quantitative estimate of drug-likeness (QED) is 0.570. The Bertz CT molecular complexity index is 208. The second-order valence-corrected chi connectivity index (χ2v) is 4.61. The lowest BCUT2D eigenvalue weighted by Gasteiger charge is -2.36. The summed E-state index contributed by atoms with van der Waals surface area (Å²) in [6.07, 6.45) is 3.62. The van der Waals surface area contributed by atoms with Crippen molar-refractivity contribution >= 4 is 22.1 Å². The van der Waals surface area contributed by atoms with Crippen LogP contribution in [0.2, 0.25) is 0 Å². The van der Waals surface area contributed by atoms with Gasteiger partial charge in [-0.05, 0) is 12.8 Å². The summed E-state index contributed by atoms with van der Waals surface area (Å²) in [5.41, 5.74) is 0. The fourth-order valence-corrected chi connectivity index (χ4v) is 2.71. The van der Waals surface area contributed by atoms with E-state index in [9.17, 15) is 4.79 Å². The molecule has 1 heterocycles. The number of halogens is 1. The van der Waals surface area contributed by atoms with Crippen LogP contribution in [-0.4, -0.2) is 23.7 Å². The van der Waals surface area contributed by atoms with Crippen molar-refractivity contribution in [3.63, 3.8) is 0 Å². The van der Waals surface area contributed by atoms with Gasteiger partial charge in [0.2, 0.25) is 0 Å². The fraction of sp³-hybridized carbons (Fsp3) is 0.909. The molecule has 1 saturated heterocycles. The van der Waals surface area contributed by atoms with E-state index >= 15 is 0 Å². The molecule has 3 atom stereocenters. The smallest absolute Gasteiger partial charge is 0.431 e. The van der Waals surface area contributed by atoms with Crippen molar-refractivity contribution in [1.29, 1.82) is 0 Å². The maximum absolute atomic E-state index is 11.2. The Morgan fingerprint density at radius 3 is 2.27 bits per heavy atom. The van der Waals surface area contributed by atoms with Gasteiger partial charge in [0.25, 0.3) is 0 Å². The first-order valence-corrected chi connectivity index (χ1v) is 6.78. The summed E-state index contributed by atoms with van der Waals surface area (Å²) in [5, 5.41) is 0.701. The van der Waals surface area contributed by atoms with Crippen LogP contribution in [0.1, 0.15) is 39.5 Å². The van der Waals surface area contributed by atoms with Crippen molar-refractivity contribution in [2.75, 3.05) is 5.33 Å². The van der Waals surface area contributed by atoms with Crippen molar-refractivity contribution in [3.05, 3.63) is 0 Å². The van der Waals surface area contributed by atoms with E-state index in [0.29, 0.717) is 11.2 Å². The fourth-order valence-electron chi connectivity index (χ4n) is 2.10. The summed E-state index contributed by atoms with van der Waals surface area (Å²) >= 11 is 3.39. The van der Waals surface area contributed by atoms with Crippen LogP contribution in [0, 0.1) is 5.92 Å². The summed E-state index contributed by atoms with van der Waals surface area (Å²) in [7, 11) is 0. The van der Waals surface area contributed by atoms with Crippen LogP contribution in [0.3, 0.4) is 0 Å². The first-order valence-electron chi connectivity index (χ1n) is 5.66. The van der Waals surface area contributed by atoms with Crippen LogP contribution < -0.4 is 0 Å². The first-order chi connectivity index (χ1) is 7.22. The van der Waals surface area contributed by atoms with Gasteiger partial charge in [0.15, 0.2) is 0 Å². The molecule has 0 spiro atoms. The molecule has 3 nitrogen and oxygen atoms in total. The lowest BCUT2D eigenvalue weighted by atomic mass is 9.89. The average Bonchev–Trinajstić information content (AvgIpc) is 2.22. The molecule has 0 N–H and O–H groups in total. The summed E-state index contributed by atoms with van der Waals surface area (Å²) in [6, 6.07) is 0. The monoisotopic (exact) mass is 278 g/mol. The molecule has 1 fully saturated rings. The Kier molecular flexibility index (Phi) is 5.43. The lowest BCUT2D eigenvalue weighted by Crippen LogP contribution is -2.44. The molecule has 4 heteroatoms. The van der Waals surface area contributed by atoms with E-state index in [1.807, 2.05) is 0 Å². The third kappa shape index (κ3) is 3.37. The molecule has 15 heavy (non-hydrogen) atoms. The SMILES string of the molecule is CCCC1OC(=O)OC(CBr)C1CCC. The maximum Gasteiger partial charge on any atom is 0.508 e. The van der Waals surface area contributed by atoms with Gasteiger partial charge in [-0.3, -0.25) is 0 Å². The molecule has 0 bridgehead atoms. The molecule has 1 aliphatic rings. The van der Waals surface area contributed by atoms with Crippen LogP contribution in [0.25, 0.3) is 0 Å². The molecular formula is C11H19BrO3. The summed E-state index contributed by atoms with van der Waals surface area (Å²) in [6.45, 7) is 4.25. The predicted octanol–water partition coefficient (Wildman–Crippen LogP) is 3.50. The molecule has 0 aromatic rings. The normalized spacial score (nSPS) is 30.9. The molecular weight excluding hydrogens is 260 g/mol. The number of hydrogen-bond acceptors (Lipinski definition) is 3. The van der Waals surface area contributed by atoms with Crippen molar-refractivity contribution < 1.29 is 14.3 Å². The summed E-state index contributed by atoms with van der Waals surface area (Å²) in [5.74, 6) is 0.340. The molecule has 0 aromatic carbocycles. The Labute approximate surface area is 99.6 Å². The molecule has 0 amide bonds. The van der Waals surface area contributed by atoms with Crippen molar-refractivity contribution in [2.24, 2.45) is 5.92 Å². The summed E-state index contributed by atoms with van der Waals surface area (Å²) in [4.78, 5) is 11.2. The highest BCUT2D eigenvalue weighted by Crippen LogP contribution is 2.30. The maximum atomic E-state index is 11.2. The standard InChI is InChI=1S/C11H19BrO3/c1-3-5-8-9(6-4-2)14-11(13)15-10(8)7-12/h8-10H,3-7H2,1-2H3. The van der Waals surface area contributed by atoms with Crippen LogP contribution >= 0.6 is 15.9 Å². The van der Waals surface area contributed by atoms with E-state index in [4.69, 9.17) is 9.47 Å². The molecule has 0 aliphatic carbocycles. The molecule has 0 aromatic heterocycles. The topological polar surface area (TPSA) is 35.5 Å². The minimum absolute atomic E-state index is 0.0252. The predicted molar refractivity (Wildman–Crippen MR) is 62.2 cm³/mol. The number of rotatable bonds is 5. The summed E-state index contributed by atoms with van der Waals surface area (Å²) < 4.78 is 10.4. The zero-order valence-corrected chi connectivity index (χ0v) is 11.0. The van der Waals surface area contributed by atoms with Gasteiger partial charge in [-0.15, -0.1) is 0 Å². The minimum Gasteiger partial charge on any atom is -0.431 e. The number of hydrogen-bond donors (Lipinski definition) is 0. The third-order valence-corrected chi connectivity index (χ3v) is 3.44. The molecule has 0 radical (unpaired) electrons. The van der Waals surface area contributed by atoms with Gasteiger partial charge in [-0.1, -0.05) is 42.6 Å². The average molecular weight is 279 g/mol. The van der Waals surface area contributed by atoms with Gasteiger partial charge in [0.05, 0.1) is 0 Å². The van der Waals surface area contributed by atoms with Gasteiger partial charge in [-0.25, -0.2) is 4.79 Å². The second kappa shape index (κ2) is 6.36. The van der Waals surface area contributed by atoms with E-state index in [1.54, 1.807) is 0 Å². The molecule has 1 rings (SSSR count). The molecule has 3 unspecified atom stereocenters. The van der Waals surface area contributed by atoms with E-state index < -0.39 is 6.16 Å². The van der Waals surface area contributed by atoms with E-state index in [0.717, 1.165) is 25.7 Å². The Morgan fingerprint density at radius 2 is 1.73 bits per heavy atom. The molecule has 88 valence electrons. The van der Waals surface area contributed by atoms with Crippen molar-refractivity contribution in [3.8, 4) is 0 Å². The van der Waals surface area contributed by atoms with Gasteiger partial charge in [0, 0.05) is 11.2 Å².